The molecule has 0 spiro atoms. The molecule has 0 atom stereocenters. The first kappa shape index (κ1) is 25.1. The molecule has 4 rings (SSSR count). The first-order valence-corrected chi connectivity index (χ1v) is 11.7. The molecule has 1 aromatic heterocycles. The van der Waals surface area contributed by atoms with Crippen LogP contribution < -0.4 is 21.7 Å². The predicted octanol–water partition coefficient (Wildman–Crippen LogP) is 5.50. The van der Waals surface area contributed by atoms with Gasteiger partial charge in [-0.3, -0.25) is 9.59 Å². The number of hydrogen-bond donors (Lipinski definition) is 4. The Labute approximate surface area is 208 Å². The first-order chi connectivity index (χ1) is 17.1. The van der Waals surface area contributed by atoms with Gasteiger partial charge in [0.25, 0.3) is 11.8 Å². The number of halogens is 3. The highest BCUT2D eigenvalue weighted by Gasteiger charge is 2.30. The summed E-state index contributed by atoms with van der Waals surface area (Å²) >= 11 is 1.41. The van der Waals surface area contributed by atoms with E-state index in [0.717, 1.165) is 27.9 Å². The van der Waals surface area contributed by atoms with E-state index in [1.54, 1.807) is 43.3 Å². The summed E-state index contributed by atoms with van der Waals surface area (Å²) in [7, 11) is 0. The molecule has 0 aliphatic carbocycles. The molecule has 0 aliphatic heterocycles. The van der Waals surface area contributed by atoms with Crippen LogP contribution in [0.25, 0.3) is 10.2 Å². The van der Waals surface area contributed by atoms with E-state index in [1.165, 1.54) is 23.5 Å². The third-order valence-corrected chi connectivity index (χ3v) is 6.24. The van der Waals surface area contributed by atoms with Gasteiger partial charge in [-0.15, -0.1) is 0 Å². The summed E-state index contributed by atoms with van der Waals surface area (Å²) < 4.78 is 39.7. The highest BCUT2D eigenvalue weighted by molar-refractivity contribution is 7.22. The Kier molecular flexibility index (Phi) is 7.22. The van der Waals surface area contributed by atoms with Gasteiger partial charge in [-0.1, -0.05) is 23.5 Å². The van der Waals surface area contributed by atoms with Crippen molar-refractivity contribution in [3.63, 3.8) is 0 Å². The maximum absolute atomic E-state index is 13.0. The van der Waals surface area contributed by atoms with Crippen molar-refractivity contribution in [1.29, 1.82) is 0 Å². The van der Waals surface area contributed by atoms with Crippen LogP contribution in [0.2, 0.25) is 0 Å². The van der Waals surface area contributed by atoms with E-state index in [0.29, 0.717) is 35.2 Å². The summed E-state index contributed by atoms with van der Waals surface area (Å²) in [5.41, 5.74) is 7.17. The minimum Gasteiger partial charge on any atom is -0.360 e. The number of carbonyl (C=O) groups excluding carboxylic acids is 2. The van der Waals surface area contributed by atoms with Crippen molar-refractivity contribution < 1.29 is 22.8 Å². The minimum absolute atomic E-state index is 0.130. The molecule has 2 amide bonds. The number of carbonyl (C=O) groups is 2. The van der Waals surface area contributed by atoms with Crippen LogP contribution in [0.1, 0.15) is 31.8 Å². The predicted molar refractivity (Wildman–Crippen MR) is 136 cm³/mol. The van der Waals surface area contributed by atoms with Crippen molar-refractivity contribution in [3.05, 3.63) is 82.9 Å². The van der Waals surface area contributed by atoms with Crippen LogP contribution >= 0.6 is 11.3 Å². The number of fused-ring (bicyclic) bond motifs is 1. The Morgan fingerprint density at radius 1 is 0.972 bits per heavy atom. The molecule has 11 heteroatoms. The van der Waals surface area contributed by atoms with Crippen LogP contribution in [0.5, 0.6) is 0 Å². The molecule has 0 saturated heterocycles. The number of rotatable bonds is 7. The fraction of sp³-hybridized carbons (Fsp3) is 0.160. The summed E-state index contributed by atoms with van der Waals surface area (Å²) in [5.74, 6) is -1.05. The Balaban J connectivity index is 1.49. The standard InChI is InChI=1S/C25H22F3N5O2S/c1-14-5-7-18(31-22(34)15-3-2-4-17(11-15)25(26,27)28)13-20(14)32-23(35)16-6-8-19-21(12-16)36-24(33-19)30-10-9-29/h2-8,11-13H,9-10,29H2,1H3,(H,30,33)(H,31,34)(H,32,35). The number of aryl methyl sites for hydroxylation is 1. The van der Waals surface area contributed by atoms with Crippen LogP contribution in [0.3, 0.4) is 0 Å². The monoisotopic (exact) mass is 513 g/mol. The largest absolute Gasteiger partial charge is 0.416 e. The van der Waals surface area contributed by atoms with E-state index >= 15 is 0 Å². The van der Waals surface area contributed by atoms with Gasteiger partial charge >= 0.3 is 6.18 Å². The average molecular weight is 514 g/mol. The zero-order valence-corrected chi connectivity index (χ0v) is 19.9. The topological polar surface area (TPSA) is 109 Å². The lowest BCUT2D eigenvalue weighted by Crippen LogP contribution is -2.15. The molecule has 7 nitrogen and oxygen atoms in total. The lowest BCUT2D eigenvalue weighted by atomic mass is 10.1. The molecular weight excluding hydrogens is 491 g/mol. The molecule has 5 N–H and O–H groups in total. The van der Waals surface area contributed by atoms with Gasteiger partial charge in [0.15, 0.2) is 5.13 Å². The van der Waals surface area contributed by atoms with Crippen LogP contribution in [-0.2, 0) is 6.18 Å². The average Bonchev–Trinajstić information content (AvgIpc) is 3.26. The maximum atomic E-state index is 13.0. The Hall–Kier alpha value is -3.96. The second-order valence-electron chi connectivity index (χ2n) is 7.93. The summed E-state index contributed by atoms with van der Waals surface area (Å²) in [5, 5.41) is 9.24. The van der Waals surface area contributed by atoms with Crippen LogP contribution in [0.15, 0.2) is 60.7 Å². The molecule has 0 saturated carbocycles. The quantitative estimate of drug-likeness (QED) is 0.261. The highest BCUT2D eigenvalue weighted by atomic mass is 32.1. The molecule has 3 aromatic carbocycles. The zero-order chi connectivity index (χ0) is 25.9. The van der Waals surface area contributed by atoms with Crippen LogP contribution in [0, 0.1) is 6.92 Å². The Morgan fingerprint density at radius 2 is 1.72 bits per heavy atom. The van der Waals surface area contributed by atoms with Crippen molar-refractivity contribution >= 4 is 49.9 Å². The van der Waals surface area contributed by atoms with E-state index in [-0.39, 0.29) is 11.5 Å². The van der Waals surface area contributed by atoms with E-state index in [1.807, 2.05) is 0 Å². The third-order valence-electron chi connectivity index (χ3n) is 5.27. The second kappa shape index (κ2) is 10.3. The molecule has 0 aliphatic rings. The highest BCUT2D eigenvalue weighted by Crippen LogP contribution is 2.30. The number of nitrogens with zero attached hydrogens (tertiary/aromatic N) is 1. The van der Waals surface area contributed by atoms with E-state index in [2.05, 4.69) is 20.9 Å². The summed E-state index contributed by atoms with van der Waals surface area (Å²) in [6.45, 7) is 2.85. The molecule has 0 bridgehead atoms. The smallest absolute Gasteiger partial charge is 0.360 e. The number of hydrogen-bond acceptors (Lipinski definition) is 6. The van der Waals surface area contributed by atoms with Gasteiger partial charge in [-0.25, -0.2) is 4.98 Å². The molecule has 0 radical (unpaired) electrons. The van der Waals surface area contributed by atoms with E-state index in [4.69, 9.17) is 5.73 Å². The number of nitrogens with two attached hydrogens (primary N) is 1. The number of anilines is 3. The molecule has 1 heterocycles. The molecule has 36 heavy (non-hydrogen) atoms. The van der Waals surface area contributed by atoms with Gasteiger partial charge in [0.1, 0.15) is 0 Å². The summed E-state index contributed by atoms with van der Waals surface area (Å²) in [6, 6.07) is 14.2. The van der Waals surface area contributed by atoms with E-state index in [9.17, 15) is 22.8 Å². The Morgan fingerprint density at radius 3 is 2.47 bits per heavy atom. The number of amides is 2. The first-order valence-electron chi connectivity index (χ1n) is 10.9. The minimum atomic E-state index is -4.55. The lowest BCUT2D eigenvalue weighted by molar-refractivity contribution is -0.137. The van der Waals surface area contributed by atoms with Crippen molar-refractivity contribution in [3.8, 4) is 0 Å². The fourth-order valence-corrected chi connectivity index (χ4v) is 4.32. The molecule has 0 fully saturated rings. The van der Waals surface area contributed by atoms with Gasteiger partial charge < -0.3 is 21.7 Å². The van der Waals surface area contributed by atoms with Crippen LogP contribution in [-0.4, -0.2) is 29.9 Å². The van der Waals surface area contributed by atoms with Crippen molar-refractivity contribution in [2.45, 2.75) is 13.1 Å². The number of benzene rings is 3. The fourth-order valence-electron chi connectivity index (χ4n) is 3.39. The van der Waals surface area contributed by atoms with Crippen molar-refractivity contribution in [2.75, 3.05) is 29.0 Å². The normalized spacial score (nSPS) is 11.4. The maximum Gasteiger partial charge on any atom is 0.416 e. The second-order valence-corrected chi connectivity index (χ2v) is 8.96. The molecular formula is C25H22F3N5O2S. The number of thiazole rings is 1. The van der Waals surface area contributed by atoms with Gasteiger partial charge in [-0.2, -0.15) is 13.2 Å². The van der Waals surface area contributed by atoms with Gasteiger partial charge in [0.2, 0.25) is 0 Å². The van der Waals surface area contributed by atoms with Crippen LogP contribution in [0.4, 0.5) is 29.7 Å². The number of alkyl halides is 3. The zero-order valence-electron chi connectivity index (χ0n) is 19.1. The number of nitrogens with one attached hydrogen (secondary N) is 3. The van der Waals surface area contributed by atoms with Crippen molar-refractivity contribution in [2.24, 2.45) is 5.73 Å². The van der Waals surface area contributed by atoms with E-state index < -0.39 is 17.6 Å². The van der Waals surface area contributed by atoms with Gasteiger partial charge in [0.05, 0.1) is 15.8 Å². The molecule has 0 unspecified atom stereocenters. The SMILES string of the molecule is Cc1ccc(NC(=O)c2cccc(C(F)(F)F)c2)cc1NC(=O)c1ccc2nc(NCCN)sc2c1. The molecule has 186 valence electrons. The Bertz CT molecular complexity index is 1430. The number of aromatic nitrogens is 1. The summed E-state index contributed by atoms with van der Waals surface area (Å²) in [6.07, 6.45) is -4.55. The molecule has 4 aromatic rings. The van der Waals surface area contributed by atoms with Gasteiger partial charge in [-0.05, 0) is 61.0 Å². The van der Waals surface area contributed by atoms with Crippen molar-refractivity contribution in [1.82, 2.24) is 4.98 Å². The van der Waals surface area contributed by atoms with Gasteiger partial charge in [0, 0.05) is 35.6 Å². The summed E-state index contributed by atoms with van der Waals surface area (Å²) in [4.78, 5) is 29.9. The lowest BCUT2D eigenvalue weighted by Gasteiger charge is -2.13. The third kappa shape index (κ3) is 5.81.